The summed E-state index contributed by atoms with van der Waals surface area (Å²) in [4.78, 5) is 4.29. The van der Waals surface area contributed by atoms with Gasteiger partial charge in [-0.05, 0) is 54.7 Å². The molecule has 8 heteroatoms. The average Bonchev–Trinajstić information content (AvgIpc) is 2.54. The Kier molecular flexibility index (Phi) is 5.26. The first kappa shape index (κ1) is 17.0. The minimum absolute atomic E-state index is 0.378. The Bertz CT molecular complexity index is 917. The van der Waals surface area contributed by atoms with E-state index in [1.54, 1.807) is 36.5 Å². The monoisotopic (exact) mass is 396 g/mol. The van der Waals surface area contributed by atoms with Crippen LogP contribution in [0.25, 0.3) is 10.9 Å². The summed E-state index contributed by atoms with van der Waals surface area (Å²) in [5.74, 6) is 0. The molecule has 0 aliphatic carbocycles. The molecule has 0 saturated carbocycles. The van der Waals surface area contributed by atoms with Crippen molar-refractivity contribution in [3.8, 4) is 0 Å². The molecule has 0 atom stereocenters. The number of pyridine rings is 1. The van der Waals surface area contributed by atoms with Crippen molar-refractivity contribution in [1.29, 1.82) is 0 Å². The maximum absolute atomic E-state index is 6.09. The molecule has 122 valence electrons. The van der Waals surface area contributed by atoms with E-state index in [9.17, 15) is 0 Å². The highest BCUT2D eigenvalue weighted by Crippen LogP contribution is 2.25. The molecule has 3 N–H and O–H groups in total. The minimum atomic E-state index is 0.378. The first-order chi connectivity index (χ1) is 11.5. The van der Waals surface area contributed by atoms with Gasteiger partial charge in [0.05, 0.1) is 21.9 Å². The summed E-state index contributed by atoms with van der Waals surface area (Å²) in [5, 5.41) is 6.08. The van der Waals surface area contributed by atoms with Crippen molar-refractivity contribution in [2.75, 3.05) is 10.7 Å². The van der Waals surface area contributed by atoms with E-state index in [4.69, 9.17) is 47.0 Å². The highest BCUT2D eigenvalue weighted by molar-refractivity contribution is 7.80. The van der Waals surface area contributed by atoms with Crippen LogP contribution in [0.1, 0.15) is 0 Å². The van der Waals surface area contributed by atoms with E-state index in [0.717, 1.165) is 16.6 Å². The van der Waals surface area contributed by atoms with Crippen LogP contribution in [0.3, 0.4) is 0 Å². The smallest absolute Gasteiger partial charge is 0.189 e. The molecule has 0 aliphatic rings. The molecular weight excluding hydrogens is 387 g/mol. The van der Waals surface area contributed by atoms with Crippen LogP contribution in [0.5, 0.6) is 0 Å². The molecule has 0 aliphatic heterocycles. The Labute approximate surface area is 159 Å². The molecule has 0 unspecified atom stereocenters. The van der Waals surface area contributed by atoms with E-state index < -0.39 is 0 Å². The van der Waals surface area contributed by atoms with Gasteiger partial charge in [0.1, 0.15) is 0 Å². The van der Waals surface area contributed by atoms with Crippen LogP contribution in [0.15, 0.2) is 48.7 Å². The van der Waals surface area contributed by atoms with Gasteiger partial charge in [0.25, 0.3) is 0 Å². The molecule has 1 aromatic heterocycles. The number of thiocarbonyl (C=S) groups is 1. The van der Waals surface area contributed by atoms with Gasteiger partial charge in [-0.1, -0.05) is 34.8 Å². The molecule has 0 radical (unpaired) electrons. The normalized spacial score (nSPS) is 10.5. The molecule has 0 bridgehead atoms. The summed E-state index contributed by atoms with van der Waals surface area (Å²) in [5.41, 5.74) is 8.08. The van der Waals surface area contributed by atoms with Crippen LogP contribution in [0.4, 0.5) is 11.4 Å². The predicted molar refractivity (Wildman–Crippen MR) is 106 cm³/mol. The summed E-state index contributed by atoms with van der Waals surface area (Å²) in [6.07, 6.45) is 1.69. The number of nitrogens with one attached hydrogen (secondary N) is 3. The fourth-order valence-electron chi connectivity index (χ4n) is 2.10. The lowest BCUT2D eigenvalue weighted by atomic mass is 10.2. The number of aromatic nitrogens is 1. The molecule has 0 saturated heterocycles. The number of fused-ring (bicyclic) bond motifs is 1. The van der Waals surface area contributed by atoms with Crippen molar-refractivity contribution in [3.63, 3.8) is 0 Å². The Hall–Kier alpha value is -1.79. The first-order valence-corrected chi connectivity index (χ1v) is 8.39. The lowest BCUT2D eigenvalue weighted by Crippen LogP contribution is -2.33. The second-order valence-electron chi connectivity index (χ2n) is 4.85. The standard InChI is InChI=1S/C16H11Cl3N4S/c17-9-2-4-14(12(19)7-9)22-23-16(24)21-13-5-6-20-15-8-10(18)1-3-11(13)15/h1-8,22H,(H2,20,21,23,24). The third-order valence-corrected chi connectivity index (χ3v) is 4.18. The Morgan fingerprint density at radius 3 is 2.46 bits per heavy atom. The minimum Gasteiger partial charge on any atom is -0.331 e. The summed E-state index contributed by atoms with van der Waals surface area (Å²) < 4.78 is 0. The second kappa shape index (κ2) is 7.40. The van der Waals surface area contributed by atoms with Crippen LogP contribution in [0, 0.1) is 0 Å². The lowest BCUT2D eigenvalue weighted by Gasteiger charge is -2.14. The van der Waals surface area contributed by atoms with Crippen LogP contribution in [0.2, 0.25) is 15.1 Å². The van der Waals surface area contributed by atoms with E-state index in [1.165, 1.54) is 0 Å². The van der Waals surface area contributed by atoms with E-state index in [2.05, 4.69) is 21.2 Å². The van der Waals surface area contributed by atoms with Crippen molar-refractivity contribution in [3.05, 3.63) is 63.7 Å². The number of hydrogen-bond donors (Lipinski definition) is 3. The quantitative estimate of drug-likeness (QED) is 0.402. The number of hydrogen-bond acceptors (Lipinski definition) is 3. The van der Waals surface area contributed by atoms with Crippen LogP contribution in [-0.2, 0) is 0 Å². The van der Waals surface area contributed by atoms with Gasteiger partial charge in [0, 0.05) is 21.6 Å². The SMILES string of the molecule is S=C(NNc1ccc(Cl)cc1Cl)Nc1ccnc2cc(Cl)ccc12. The molecule has 1 heterocycles. The van der Waals surface area contributed by atoms with Crippen LogP contribution in [-0.4, -0.2) is 10.1 Å². The Morgan fingerprint density at radius 2 is 1.67 bits per heavy atom. The average molecular weight is 398 g/mol. The van der Waals surface area contributed by atoms with Gasteiger partial charge in [-0.15, -0.1) is 0 Å². The topological polar surface area (TPSA) is 49.0 Å². The van der Waals surface area contributed by atoms with Gasteiger partial charge in [-0.2, -0.15) is 0 Å². The molecule has 0 amide bonds. The maximum atomic E-state index is 6.09. The summed E-state index contributed by atoms with van der Waals surface area (Å²) in [6.45, 7) is 0. The number of nitrogens with zero attached hydrogens (tertiary/aromatic N) is 1. The van der Waals surface area contributed by atoms with Gasteiger partial charge in [0.15, 0.2) is 5.11 Å². The largest absolute Gasteiger partial charge is 0.331 e. The van der Waals surface area contributed by atoms with Crippen molar-refractivity contribution < 1.29 is 0 Å². The van der Waals surface area contributed by atoms with E-state index in [1.807, 2.05) is 12.1 Å². The highest BCUT2D eigenvalue weighted by Gasteiger charge is 2.05. The van der Waals surface area contributed by atoms with Crippen molar-refractivity contribution in [1.82, 2.24) is 10.4 Å². The number of anilines is 2. The third kappa shape index (κ3) is 3.99. The van der Waals surface area contributed by atoms with Gasteiger partial charge in [0.2, 0.25) is 0 Å². The highest BCUT2D eigenvalue weighted by atomic mass is 35.5. The van der Waals surface area contributed by atoms with Gasteiger partial charge in [-0.3, -0.25) is 15.8 Å². The van der Waals surface area contributed by atoms with Crippen molar-refractivity contribution >= 4 is 74.4 Å². The molecule has 3 rings (SSSR count). The molecule has 2 aromatic carbocycles. The molecule has 3 aromatic rings. The maximum Gasteiger partial charge on any atom is 0.189 e. The van der Waals surface area contributed by atoms with E-state index in [-0.39, 0.29) is 0 Å². The lowest BCUT2D eigenvalue weighted by molar-refractivity contribution is 1.14. The Balaban J connectivity index is 1.71. The molecule has 0 fully saturated rings. The number of rotatable bonds is 3. The summed E-state index contributed by atoms with van der Waals surface area (Å²) in [6, 6.07) is 12.4. The number of halogens is 3. The molecular formula is C16H11Cl3N4S. The number of hydrazine groups is 1. The van der Waals surface area contributed by atoms with Gasteiger partial charge < -0.3 is 5.32 Å². The Morgan fingerprint density at radius 1 is 0.917 bits per heavy atom. The van der Waals surface area contributed by atoms with Crippen LogP contribution >= 0.6 is 47.0 Å². The zero-order valence-corrected chi connectivity index (χ0v) is 15.2. The van der Waals surface area contributed by atoms with Crippen molar-refractivity contribution in [2.24, 2.45) is 0 Å². The second-order valence-corrected chi connectivity index (χ2v) is 6.54. The van der Waals surface area contributed by atoms with E-state index >= 15 is 0 Å². The fourth-order valence-corrected chi connectivity index (χ4v) is 2.88. The van der Waals surface area contributed by atoms with Gasteiger partial charge >= 0.3 is 0 Å². The number of benzene rings is 2. The van der Waals surface area contributed by atoms with Crippen LogP contribution < -0.4 is 16.2 Å². The summed E-state index contributed by atoms with van der Waals surface area (Å²) in [7, 11) is 0. The predicted octanol–water partition coefficient (Wildman–Crippen LogP) is 5.51. The van der Waals surface area contributed by atoms with E-state index in [0.29, 0.717) is 25.9 Å². The molecule has 0 spiro atoms. The molecule has 4 nitrogen and oxygen atoms in total. The third-order valence-electron chi connectivity index (χ3n) is 3.19. The fraction of sp³-hybridized carbons (Fsp3) is 0. The van der Waals surface area contributed by atoms with Crippen molar-refractivity contribution in [2.45, 2.75) is 0 Å². The van der Waals surface area contributed by atoms with Gasteiger partial charge in [-0.25, -0.2) is 0 Å². The molecule has 24 heavy (non-hydrogen) atoms. The zero-order chi connectivity index (χ0) is 17.1. The first-order valence-electron chi connectivity index (χ1n) is 6.85. The summed E-state index contributed by atoms with van der Waals surface area (Å²) >= 11 is 23.2. The zero-order valence-electron chi connectivity index (χ0n) is 12.1.